The van der Waals surface area contributed by atoms with Gasteiger partial charge >= 0.3 is 0 Å². The zero-order valence-electron chi connectivity index (χ0n) is 14.2. The molecule has 3 rings (SSSR count). The van der Waals surface area contributed by atoms with Gasteiger partial charge in [0, 0.05) is 12.6 Å². The highest BCUT2D eigenvalue weighted by Gasteiger charge is 2.34. The molecule has 5 heteroatoms. The van der Waals surface area contributed by atoms with E-state index >= 15 is 0 Å². The van der Waals surface area contributed by atoms with Crippen molar-refractivity contribution in [3.05, 3.63) is 35.9 Å². The van der Waals surface area contributed by atoms with Gasteiger partial charge in [0.05, 0.1) is 5.25 Å². The zero-order valence-corrected chi connectivity index (χ0v) is 15.0. The molecule has 0 bridgehead atoms. The Labute approximate surface area is 145 Å². The van der Waals surface area contributed by atoms with Gasteiger partial charge in [-0.15, -0.1) is 0 Å². The van der Waals surface area contributed by atoms with Crippen molar-refractivity contribution in [2.24, 2.45) is 0 Å². The van der Waals surface area contributed by atoms with Crippen LogP contribution in [0.5, 0.6) is 0 Å². The smallest absolute Gasteiger partial charge is 0.238 e. The second kappa shape index (κ2) is 7.68. The SMILES string of the molecule is O=C(CS(=O)(=O)C1CCCC1)N1CCCC[C@H]1Cc1ccccc1. The fraction of sp³-hybridized carbons (Fsp3) is 0.632. The number of nitrogens with zero attached hydrogens (tertiary/aromatic N) is 1. The normalized spacial score (nSPS) is 22.7. The first-order valence-corrected chi connectivity index (χ1v) is 10.8. The van der Waals surface area contributed by atoms with Crippen LogP contribution in [0.1, 0.15) is 50.5 Å². The number of likely N-dealkylation sites (tertiary alicyclic amines) is 1. The molecule has 4 nitrogen and oxygen atoms in total. The van der Waals surface area contributed by atoms with E-state index in [9.17, 15) is 13.2 Å². The monoisotopic (exact) mass is 349 g/mol. The van der Waals surface area contributed by atoms with Crippen LogP contribution in [-0.2, 0) is 21.1 Å². The van der Waals surface area contributed by atoms with Gasteiger partial charge in [0.2, 0.25) is 5.91 Å². The minimum absolute atomic E-state index is 0.132. The Morgan fingerprint density at radius 1 is 1.00 bits per heavy atom. The second-order valence-corrected chi connectivity index (χ2v) is 9.42. The molecular formula is C19H27NO3S. The molecule has 24 heavy (non-hydrogen) atoms. The van der Waals surface area contributed by atoms with Crippen LogP contribution in [0.15, 0.2) is 30.3 Å². The lowest BCUT2D eigenvalue weighted by Crippen LogP contribution is -2.47. The van der Waals surface area contributed by atoms with Gasteiger partial charge in [0.25, 0.3) is 0 Å². The number of piperidine rings is 1. The van der Waals surface area contributed by atoms with Gasteiger partial charge in [-0.1, -0.05) is 43.2 Å². The van der Waals surface area contributed by atoms with Gasteiger partial charge in [0.1, 0.15) is 5.75 Å². The Morgan fingerprint density at radius 3 is 2.38 bits per heavy atom. The minimum atomic E-state index is -3.30. The van der Waals surface area contributed by atoms with Gasteiger partial charge in [-0.25, -0.2) is 8.42 Å². The minimum Gasteiger partial charge on any atom is -0.339 e. The van der Waals surface area contributed by atoms with Crippen LogP contribution >= 0.6 is 0 Å². The molecule has 2 fully saturated rings. The highest BCUT2D eigenvalue weighted by molar-refractivity contribution is 7.92. The Bertz CT molecular complexity index is 650. The number of amides is 1. The van der Waals surface area contributed by atoms with Crippen molar-refractivity contribution >= 4 is 15.7 Å². The molecule has 1 aliphatic carbocycles. The topological polar surface area (TPSA) is 54.5 Å². The molecule has 0 unspecified atom stereocenters. The molecule has 1 heterocycles. The average Bonchev–Trinajstić information content (AvgIpc) is 3.11. The van der Waals surface area contributed by atoms with Crippen LogP contribution in [0, 0.1) is 0 Å². The molecule has 1 aromatic carbocycles. The number of carbonyl (C=O) groups is 1. The number of rotatable bonds is 5. The van der Waals surface area contributed by atoms with Crippen LogP contribution in [0.25, 0.3) is 0 Å². The fourth-order valence-corrected chi connectivity index (χ4v) is 5.84. The van der Waals surface area contributed by atoms with E-state index in [4.69, 9.17) is 0 Å². The molecule has 0 spiro atoms. The van der Waals surface area contributed by atoms with Crippen LogP contribution in [-0.4, -0.2) is 42.8 Å². The maximum atomic E-state index is 12.7. The fourth-order valence-electron chi connectivity index (χ4n) is 4.05. The molecule has 1 saturated heterocycles. The standard InChI is InChI=1S/C19H27NO3S/c21-19(15-24(22,23)18-11-4-5-12-18)20-13-7-6-10-17(20)14-16-8-2-1-3-9-16/h1-3,8-9,17-18H,4-7,10-15H2/t17-/m0/s1. The predicted molar refractivity (Wildman–Crippen MR) is 95.5 cm³/mol. The van der Waals surface area contributed by atoms with Gasteiger partial charge in [-0.2, -0.15) is 0 Å². The van der Waals surface area contributed by atoms with E-state index in [1.807, 2.05) is 23.1 Å². The first kappa shape index (κ1) is 17.5. The molecule has 0 aromatic heterocycles. The first-order valence-electron chi connectivity index (χ1n) is 9.11. The summed E-state index contributed by atoms with van der Waals surface area (Å²) in [5.41, 5.74) is 1.21. The second-order valence-electron chi connectivity index (χ2n) is 7.14. The van der Waals surface area contributed by atoms with Crippen molar-refractivity contribution in [3.63, 3.8) is 0 Å². The third-order valence-electron chi connectivity index (χ3n) is 5.40. The van der Waals surface area contributed by atoms with Crippen LogP contribution in [0.2, 0.25) is 0 Å². The Morgan fingerprint density at radius 2 is 1.67 bits per heavy atom. The van der Waals surface area contributed by atoms with Crippen molar-refractivity contribution < 1.29 is 13.2 Å². The van der Waals surface area contributed by atoms with Crippen molar-refractivity contribution in [2.75, 3.05) is 12.3 Å². The number of hydrogen-bond acceptors (Lipinski definition) is 3. The highest BCUT2D eigenvalue weighted by atomic mass is 32.2. The van der Waals surface area contributed by atoms with Gasteiger partial charge in [-0.3, -0.25) is 4.79 Å². The van der Waals surface area contributed by atoms with Crippen LogP contribution < -0.4 is 0 Å². The number of carbonyl (C=O) groups excluding carboxylic acids is 1. The van der Waals surface area contributed by atoms with Crippen molar-refractivity contribution in [3.8, 4) is 0 Å². The lowest BCUT2D eigenvalue weighted by molar-refractivity contribution is -0.132. The molecule has 0 N–H and O–H groups in total. The Balaban J connectivity index is 1.67. The van der Waals surface area contributed by atoms with Crippen molar-refractivity contribution in [1.82, 2.24) is 4.90 Å². The van der Waals surface area contributed by atoms with Crippen molar-refractivity contribution in [2.45, 2.75) is 62.7 Å². The summed E-state index contributed by atoms with van der Waals surface area (Å²) in [7, 11) is -3.30. The van der Waals surface area contributed by atoms with Gasteiger partial charge in [-0.05, 0) is 44.1 Å². The summed E-state index contributed by atoms with van der Waals surface area (Å²) in [5.74, 6) is -0.495. The van der Waals surface area contributed by atoms with E-state index in [2.05, 4.69) is 12.1 Å². The summed E-state index contributed by atoms with van der Waals surface area (Å²) in [6.07, 6.45) is 7.25. The summed E-state index contributed by atoms with van der Waals surface area (Å²) in [5, 5.41) is -0.293. The summed E-state index contributed by atoms with van der Waals surface area (Å²) < 4.78 is 25.0. The van der Waals surface area contributed by atoms with Gasteiger partial charge in [0.15, 0.2) is 9.84 Å². The summed E-state index contributed by atoms with van der Waals surface area (Å²) in [6.45, 7) is 0.691. The van der Waals surface area contributed by atoms with Crippen molar-refractivity contribution in [1.29, 1.82) is 0 Å². The van der Waals surface area contributed by atoms with E-state index < -0.39 is 9.84 Å². The molecule has 132 valence electrons. The third kappa shape index (κ3) is 4.18. The summed E-state index contributed by atoms with van der Waals surface area (Å²) >= 11 is 0. The molecule has 1 saturated carbocycles. The molecular weight excluding hydrogens is 322 g/mol. The Hall–Kier alpha value is -1.36. The highest BCUT2D eigenvalue weighted by Crippen LogP contribution is 2.26. The molecule has 1 aliphatic heterocycles. The maximum absolute atomic E-state index is 12.7. The molecule has 0 radical (unpaired) electrons. The van der Waals surface area contributed by atoms with E-state index in [1.165, 1.54) is 5.56 Å². The summed E-state index contributed by atoms with van der Waals surface area (Å²) in [6, 6.07) is 10.3. The van der Waals surface area contributed by atoms with Gasteiger partial charge < -0.3 is 4.90 Å². The number of benzene rings is 1. The largest absolute Gasteiger partial charge is 0.339 e. The summed E-state index contributed by atoms with van der Waals surface area (Å²) in [4.78, 5) is 14.6. The van der Waals surface area contributed by atoms with Crippen LogP contribution in [0.4, 0.5) is 0 Å². The first-order chi connectivity index (χ1) is 11.6. The molecule has 2 aliphatic rings. The molecule has 1 amide bonds. The lowest BCUT2D eigenvalue weighted by Gasteiger charge is -2.36. The third-order valence-corrected chi connectivity index (χ3v) is 7.53. The van der Waals surface area contributed by atoms with Crippen LogP contribution in [0.3, 0.4) is 0 Å². The quantitative estimate of drug-likeness (QED) is 0.821. The Kier molecular flexibility index (Phi) is 5.59. The maximum Gasteiger partial charge on any atom is 0.238 e. The average molecular weight is 349 g/mol. The lowest BCUT2D eigenvalue weighted by atomic mass is 9.95. The zero-order chi connectivity index (χ0) is 17.0. The van der Waals surface area contributed by atoms with E-state index in [0.29, 0.717) is 6.54 Å². The number of hydrogen-bond donors (Lipinski definition) is 0. The van der Waals surface area contributed by atoms with E-state index in [0.717, 1.165) is 51.4 Å². The molecule has 1 aromatic rings. The van der Waals surface area contributed by atoms with E-state index in [1.54, 1.807) is 0 Å². The molecule has 1 atom stereocenters. The van der Waals surface area contributed by atoms with E-state index in [-0.39, 0.29) is 23.0 Å². The predicted octanol–water partition coefficient (Wildman–Crippen LogP) is 2.97. The number of sulfone groups is 1.